The molecule has 3 aromatic rings. The fourth-order valence-electron chi connectivity index (χ4n) is 3.05. The van der Waals surface area contributed by atoms with Crippen molar-refractivity contribution in [3.05, 3.63) is 78.1 Å². The molecule has 0 saturated carbocycles. The van der Waals surface area contributed by atoms with Crippen LogP contribution in [0.1, 0.15) is 11.1 Å². The molecule has 2 heterocycles. The molecule has 0 spiro atoms. The van der Waals surface area contributed by atoms with E-state index in [-0.39, 0.29) is 18.5 Å². The summed E-state index contributed by atoms with van der Waals surface area (Å²) in [6.07, 6.45) is 3.63. The van der Waals surface area contributed by atoms with Gasteiger partial charge in [-0.15, -0.1) is 0 Å². The molecule has 28 heavy (non-hydrogen) atoms. The molecule has 2 aromatic carbocycles. The summed E-state index contributed by atoms with van der Waals surface area (Å²) in [6.45, 7) is 0.874. The maximum Gasteiger partial charge on any atom is 0.319 e. The second kappa shape index (κ2) is 7.87. The van der Waals surface area contributed by atoms with Gasteiger partial charge in [-0.2, -0.15) is 0 Å². The number of benzene rings is 2. The Morgan fingerprint density at radius 2 is 1.96 bits per heavy atom. The summed E-state index contributed by atoms with van der Waals surface area (Å²) in [5.41, 5.74) is 3.31. The molecule has 7 heteroatoms. The third kappa shape index (κ3) is 3.98. The number of H-pyrrole nitrogens is 1. The highest BCUT2D eigenvalue weighted by molar-refractivity contribution is 5.98. The summed E-state index contributed by atoms with van der Waals surface area (Å²) >= 11 is 0. The first kappa shape index (κ1) is 17.7. The lowest BCUT2D eigenvalue weighted by Gasteiger charge is -2.29. The van der Waals surface area contributed by atoms with E-state index in [0.29, 0.717) is 30.2 Å². The van der Waals surface area contributed by atoms with Crippen LogP contribution in [-0.4, -0.2) is 23.5 Å². The number of hydrogen-bond acceptors (Lipinski definition) is 3. The maximum atomic E-state index is 12.3. The lowest BCUT2D eigenvalue weighted by molar-refractivity contribution is -0.121. The van der Waals surface area contributed by atoms with Crippen LogP contribution in [0.15, 0.2) is 67.0 Å². The molecule has 0 fully saturated rings. The number of rotatable bonds is 5. The number of aromatic nitrogens is 1. The number of fused-ring (bicyclic) bond motifs is 1. The lowest BCUT2D eigenvalue weighted by Crippen LogP contribution is -2.38. The molecule has 0 radical (unpaired) electrons. The lowest BCUT2D eigenvalue weighted by atomic mass is 10.1. The Morgan fingerprint density at radius 1 is 1.11 bits per heavy atom. The smallest absolute Gasteiger partial charge is 0.319 e. The van der Waals surface area contributed by atoms with Crippen molar-refractivity contribution in [1.82, 2.24) is 10.3 Å². The van der Waals surface area contributed by atoms with E-state index in [1.807, 2.05) is 42.6 Å². The Labute approximate surface area is 162 Å². The van der Waals surface area contributed by atoms with Gasteiger partial charge >= 0.3 is 6.03 Å². The van der Waals surface area contributed by atoms with Gasteiger partial charge in [-0.1, -0.05) is 30.3 Å². The average Bonchev–Trinajstić information content (AvgIpc) is 3.23. The topological polar surface area (TPSA) is 86.5 Å². The largest absolute Gasteiger partial charge is 0.481 e. The quantitative estimate of drug-likeness (QED) is 0.639. The number of ether oxygens (including phenoxy) is 1. The molecule has 1 aliphatic heterocycles. The maximum absolute atomic E-state index is 12.3. The van der Waals surface area contributed by atoms with Gasteiger partial charge in [0.2, 0.25) is 0 Å². The van der Waals surface area contributed by atoms with E-state index in [1.54, 1.807) is 29.3 Å². The van der Waals surface area contributed by atoms with Crippen LogP contribution < -0.4 is 20.3 Å². The Morgan fingerprint density at radius 3 is 2.75 bits per heavy atom. The van der Waals surface area contributed by atoms with Gasteiger partial charge < -0.3 is 25.3 Å². The number of hydrogen-bond donors (Lipinski definition) is 3. The number of nitrogens with one attached hydrogen (secondary N) is 3. The van der Waals surface area contributed by atoms with Crippen molar-refractivity contribution >= 4 is 23.3 Å². The zero-order valence-electron chi connectivity index (χ0n) is 15.1. The summed E-state index contributed by atoms with van der Waals surface area (Å²) in [5, 5.41) is 5.57. The van der Waals surface area contributed by atoms with Gasteiger partial charge in [0.25, 0.3) is 5.91 Å². The zero-order valence-corrected chi connectivity index (χ0v) is 15.1. The molecule has 7 nitrogen and oxygen atoms in total. The molecule has 0 aliphatic carbocycles. The van der Waals surface area contributed by atoms with E-state index in [4.69, 9.17) is 4.74 Å². The number of amides is 3. The Kier molecular flexibility index (Phi) is 4.97. The van der Waals surface area contributed by atoms with Crippen LogP contribution in [0.3, 0.4) is 0 Å². The monoisotopic (exact) mass is 376 g/mol. The molecule has 3 amide bonds. The standard InChI is InChI=1S/C21H20N4O3/c26-20-14-28-19-10-17(24-21(27)23-12-16-8-9-22-11-16)6-7-18(19)25(20)13-15-4-2-1-3-5-15/h1-11,22H,12-14H2,(H2,23,24,27). The highest BCUT2D eigenvalue weighted by Crippen LogP contribution is 2.35. The van der Waals surface area contributed by atoms with Crippen LogP contribution in [0.25, 0.3) is 0 Å². The van der Waals surface area contributed by atoms with Crippen molar-refractivity contribution in [3.8, 4) is 5.75 Å². The minimum Gasteiger partial charge on any atom is -0.481 e. The van der Waals surface area contributed by atoms with Crippen molar-refractivity contribution in [3.63, 3.8) is 0 Å². The SMILES string of the molecule is O=C(NCc1cc[nH]c1)Nc1ccc2c(c1)OCC(=O)N2Cc1ccccc1. The van der Waals surface area contributed by atoms with Gasteiger partial charge in [0.15, 0.2) is 6.61 Å². The average molecular weight is 376 g/mol. The molecule has 3 N–H and O–H groups in total. The third-order valence-corrected chi connectivity index (χ3v) is 4.46. The van der Waals surface area contributed by atoms with Crippen LogP contribution in [-0.2, 0) is 17.9 Å². The molecule has 0 atom stereocenters. The Bertz CT molecular complexity index is 971. The number of carbonyl (C=O) groups is 2. The second-order valence-electron chi connectivity index (χ2n) is 6.46. The third-order valence-electron chi connectivity index (χ3n) is 4.46. The molecule has 4 rings (SSSR count). The first-order valence-corrected chi connectivity index (χ1v) is 8.97. The first-order chi connectivity index (χ1) is 13.7. The van der Waals surface area contributed by atoms with E-state index in [2.05, 4.69) is 15.6 Å². The predicted octanol–water partition coefficient (Wildman–Crippen LogP) is 3.26. The first-order valence-electron chi connectivity index (χ1n) is 8.97. The van der Waals surface area contributed by atoms with Crippen LogP contribution in [0, 0.1) is 0 Å². The number of aromatic amines is 1. The number of urea groups is 1. The van der Waals surface area contributed by atoms with Gasteiger partial charge in [-0.3, -0.25) is 4.79 Å². The van der Waals surface area contributed by atoms with Gasteiger partial charge in [0, 0.05) is 30.7 Å². The summed E-state index contributed by atoms with van der Waals surface area (Å²) in [7, 11) is 0. The minimum absolute atomic E-state index is 0.0248. The van der Waals surface area contributed by atoms with Crippen molar-refractivity contribution in [2.75, 3.05) is 16.8 Å². The van der Waals surface area contributed by atoms with Crippen LogP contribution in [0.5, 0.6) is 5.75 Å². The van der Waals surface area contributed by atoms with E-state index in [1.165, 1.54) is 0 Å². The molecule has 0 unspecified atom stereocenters. The van der Waals surface area contributed by atoms with Crippen molar-refractivity contribution in [2.24, 2.45) is 0 Å². The van der Waals surface area contributed by atoms with Crippen molar-refractivity contribution < 1.29 is 14.3 Å². The molecule has 142 valence electrons. The highest BCUT2D eigenvalue weighted by atomic mass is 16.5. The number of carbonyl (C=O) groups excluding carboxylic acids is 2. The molecular formula is C21H20N4O3. The van der Waals surface area contributed by atoms with Crippen LogP contribution >= 0.6 is 0 Å². The summed E-state index contributed by atoms with van der Waals surface area (Å²) < 4.78 is 5.58. The fourth-order valence-corrected chi connectivity index (χ4v) is 3.05. The second-order valence-corrected chi connectivity index (χ2v) is 6.46. The van der Waals surface area contributed by atoms with Gasteiger partial charge in [-0.05, 0) is 29.3 Å². The number of nitrogens with zero attached hydrogens (tertiary/aromatic N) is 1. The summed E-state index contributed by atoms with van der Waals surface area (Å²) in [4.78, 5) is 29.1. The Balaban J connectivity index is 1.45. The van der Waals surface area contributed by atoms with E-state index >= 15 is 0 Å². The van der Waals surface area contributed by atoms with Crippen LogP contribution in [0.2, 0.25) is 0 Å². The van der Waals surface area contributed by atoms with Crippen molar-refractivity contribution in [2.45, 2.75) is 13.1 Å². The molecule has 1 aromatic heterocycles. The normalized spacial score (nSPS) is 12.9. The van der Waals surface area contributed by atoms with E-state index in [9.17, 15) is 9.59 Å². The number of anilines is 2. The highest BCUT2D eigenvalue weighted by Gasteiger charge is 2.26. The summed E-state index contributed by atoms with van der Waals surface area (Å²) in [6, 6.07) is 16.7. The Hall–Kier alpha value is -3.74. The van der Waals surface area contributed by atoms with Crippen LogP contribution in [0.4, 0.5) is 16.2 Å². The minimum atomic E-state index is -0.311. The van der Waals surface area contributed by atoms with E-state index < -0.39 is 0 Å². The van der Waals surface area contributed by atoms with Gasteiger partial charge in [0.05, 0.1) is 12.2 Å². The zero-order chi connectivity index (χ0) is 19.3. The predicted molar refractivity (Wildman–Crippen MR) is 106 cm³/mol. The van der Waals surface area contributed by atoms with Gasteiger partial charge in [-0.25, -0.2) is 4.79 Å². The fraction of sp³-hybridized carbons (Fsp3) is 0.143. The van der Waals surface area contributed by atoms with Crippen molar-refractivity contribution in [1.29, 1.82) is 0 Å². The molecule has 0 bridgehead atoms. The molecule has 0 saturated heterocycles. The van der Waals surface area contributed by atoms with Gasteiger partial charge in [0.1, 0.15) is 5.75 Å². The molecular weight excluding hydrogens is 356 g/mol. The summed E-state index contributed by atoms with van der Waals surface area (Å²) in [5.74, 6) is 0.472. The van der Waals surface area contributed by atoms with E-state index in [0.717, 1.165) is 11.1 Å². The molecule has 1 aliphatic rings.